The molecule has 2 aliphatic rings. The third-order valence-corrected chi connectivity index (χ3v) is 6.51. The molecule has 2 unspecified atom stereocenters. The first kappa shape index (κ1) is 19.5. The molecular formula is C19H26ClN3O2S. The Bertz CT molecular complexity index is 683. The first-order chi connectivity index (χ1) is 12.4. The maximum Gasteiger partial charge on any atom is 0.238 e. The van der Waals surface area contributed by atoms with Crippen LogP contribution in [0.1, 0.15) is 33.1 Å². The second-order valence-electron chi connectivity index (χ2n) is 7.34. The Morgan fingerprint density at radius 3 is 3.04 bits per heavy atom. The van der Waals surface area contributed by atoms with E-state index in [1.165, 1.54) is 18.2 Å². The van der Waals surface area contributed by atoms with Gasteiger partial charge >= 0.3 is 0 Å². The summed E-state index contributed by atoms with van der Waals surface area (Å²) in [5.74, 6) is 0.297. The van der Waals surface area contributed by atoms with Gasteiger partial charge in [-0.05, 0) is 57.4 Å². The number of carbonyl (C=O) groups excluding carboxylic acids is 2. The van der Waals surface area contributed by atoms with Crippen LogP contribution < -0.4 is 10.6 Å². The normalized spacial score (nSPS) is 23.5. The van der Waals surface area contributed by atoms with Crippen LogP contribution in [0.4, 0.5) is 5.69 Å². The van der Waals surface area contributed by atoms with Gasteiger partial charge in [0, 0.05) is 35.5 Å². The van der Waals surface area contributed by atoms with Crippen molar-refractivity contribution in [3.05, 3.63) is 23.2 Å². The van der Waals surface area contributed by atoms with Crippen LogP contribution in [0, 0.1) is 5.92 Å². The fourth-order valence-electron chi connectivity index (χ4n) is 3.49. The van der Waals surface area contributed by atoms with Gasteiger partial charge in [-0.1, -0.05) is 11.6 Å². The fraction of sp³-hybridized carbons (Fsp3) is 0.579. The lowest BCUT2D eigenvalue weighted by molar-refractivity contribution is -0.124. The predicted molar refractivity (Wildman–Crippen MR) is 107 cm³/mol. The maximum atomic E-state index is 12.3. The summed E-state index contributed by atoms with van der Waals surface area (Å²) in [6, 6.07) is 5.96. The molecule has 1 fully saturated rings. The monoisotopic (exact) mass is 395 g/mol. The summed E-state index contributed by atoms with van der Waals surface area (Å²) in [7, 11) is 0. The number of piperidine rings is 1. The Balaban J connectivity index is 1.49. The van der Waals surface area contributed by atoms with Crippen molar-refractivity contribution in [1.82, 2.24) is 10.2 Å². The molecule has 2 aliphatic heterocycles. The van der Waals surface area contributed by atoms with Crippen LogP contribution in [-0.2, 0) is 9.59 Å². The van der Waals surface area contributed by atoms with Gasteiger partial charge in [0.15, 0.2) is 0 Å². The number of fused-ring (bicyclic) bond motifs is 1. The van der Waals surface area contributed by atoms with Gasteiger partial charge in [0.05, 0.1) is 10.9 Å². The molecular weight excluding hydrogens is 370 g/mol. The van der Waals surface area contributed by atoms with Crippen molar-refractivity contribution >= 4 is 40.9 Å². The van der Waals surface area contributed by atoms with Crippen LogP contribution in [0.5, 0.6) is 0 Å². The molecule has 2 N–H and O–H groups in total. The number of thioether (sulfide) groups is 1. The minimum atomic E-state index is -0.401. The van der Waals surface area contributed by atoms with Gasteiger partial charge in [-0.3, -0.25) is 9.59 Å². The van der Waals surface area contributed by atoms with E-state index in [9.17, 15) is 9.59 Å². The summed E-state index contributed by atoms with van der Waals surface area (Å²) < 4.78 is 0. The Morgan fingerprint density at radius 2 is 2.27 bits per heavy atom. The van der Waals surface area contributed by atoms with Crippen molar-refractivity contribution in [2.45, 2.75) is 49.3 Å². The zero-order valence-corrected chi connectivity index (χ0v) is 16.8. The van der Waals surface area contributed by atoms with Gasteiger partial charge in [0.2, 0.25) is 11.8 Å². The lowest BCUT2D eigenvalue weighted by atomic mass is 9.97. The van der Waals surface area contributed by atoms with Gasteiger partial charge in [0.1, 0.15) is 0 Å². The smallest absolute Gasteiger partial charge is 0.238 e. The second-order valence-corrected chi connectivity index (χ2v) is 9.02. The van der Waals surface area contributed by atoms with Crippen molar-refractivity contribution in [3.8, 4) is 0 Å². The van der Waals surface area contributed by atoms with Crippen molar-refractivity contribution in [2.75, 3.05) is 25.0 Å². The number of rotatable bonds is 5. The third kappa shape index (κ3) is 4.93. The topological polar surface area (TPSA) is 61.4 Å². The van der Waals surface area contributed by atoms with Gasteiger partial charge in [-0.2, -0.15) is 0 Å². The summed E-state index contributed by atoms with van der Waals surface area (Å²) in [6.07, 6.45) is 2.52. The molecule has 0 bridgehead atoms. The quantitative estimate of drug-likeness (QED) is 0.802. The van der Waals surface area contributed by atoms with E-state index in [-0.39, 0.29) is 18.2 Å². The largest absolute Gasteiger partial charge is 0.356 e. The second kappa shape index (κ2) is 8.63. The van der Waals surface area contributed by atoms with Gasteiger partial charge < -0.3 is 15.5 Å². The zero-order chi connectivity index (χ0) is 18.7. The molecule has 0 aliphatic carbocycles. The zero-order valence-electron chi connectivity index (χ0n) is 15.3. The van der Waals surface area contributed by atoms with Crippen LogP contribution in [-0.4, -0.2) is 47.6 Å². The molecule has 5 nitrogen and oxygen atoms in total. The fourth-order valence-corrected chi connectivity index (χ4v) is 4.75. The highest BCUT2D eigenvalue weighted by Crippen LogP contribution is 2.38. The van der Waals surface area contributed by atoms with E-state index in [0.717, 1.165) is 30.1 Å². The van der Waals surface area contributed by atoms with Gasteiger partial charge in [-0.15, -0.1) is 11.8 Å². The van der Waals surface area contributed by atoms with E-state index in [0.29, 0.717) is 23.5 Å². The number of hydrogen-bond acceptors (Lipinski definition) is 4. The van der Waals surface area contributed by atoms with E-state index in [1.54, 1.807) is 12.1 Å². The van der Waals surface area contributed by atoms with E-state index in [4.69, 9.17) is 11.6 Å². The van der Waals surface area contributed by atoms with E-state index in [2.05, 4.69) is 29.4 Å². The summed E-state index contributed by atoms with van der Waals surface area (Å²) in [5.41, 5.74) is 0.722. The Labute approximate surface area is 164 Å². The molecule has 0 spiro atoms. The number of hydrogen-bond donors (Lipinski definition) is 2. The highest BCUT2D eigenvalue weighted by Gasteiger charge is 2.29. The molecule has 142 valence electrons. The molecule has 0 aromatic heterocycles. The van der Waals surface area contributed by atoms with Crippen LogP contribution in [0.2, 0.25) is 5.02 Å². The van der Waals surface area contributed by atoms with E-state index in [1.807, 2.05) is 6.07 Å². The van der Waals surface area contributed by atoms with Gasteiger partial charge in [-0.25, -0.2) is 0 Å². The molecule has 3 rings (SSSR count). The van der Waals surface area contributed by atoms with Crippen LogP contribution in [0.25, 0.3) is 0 Å². The molecule has 1 aromatic carbocycles. The van der Waals surface area contributed by atoms with Crippen molar-refractivity contribution in [1.29, 1.82) is 0 Å². The SMILES string of the molecule is CC(C)N1CCCC(CNC(=O)CC2Sc3ccc(Cl)cc3NC2=O)C1. The maximum absolute atomic E-state index is 12.3. The molecule has 1 aromatic rings. The number of likely N-dealkylation sites (tertiary alicyclic amines) is 1. The third-order valence-electron chi connectivity index (χ3n) is 5.00. The van der Waals surface area contributed by atoms with Crippen LogP contribution in [0.3, 0.4) is 0 Å². The number of anilines is 1. The molecule has 2 amide bonds. The van der Waals surface area contributed by atoms with Gasteiger partial charge in [0.25, 0.3) is 0 Å². The highest BCUT2D eigenvalue weighted by atomic mass is 35.5. The molecule has 7 heteroatoms. The summed E-state index contributed by atoms with van der Waals surface area (Å²) >= 11 is 7.39. The molecule has 0 radical (unpaired) electrons. The van der Waals surface area contributed by atoms with E-state index >= 15 is 0 Å². The summed E-state index contributed by atoms with van der Waals surface area (Å²) in [5, 5.41) is 6.07. The number of amides is 2. The van der Waals surface area contributed by atoms with Crippen LogP contribution in [0.15, 0.2) is 23.1 Å². The minimum absolute atomic E-state index is 0.0586. The lowest BCUT2D eigenvalue weighted by Gasteiger charge is -2.35. The first-order valence-corrected chi connectivity index (χ1v) is 10.5. The molecule has 1 saturated heterocycles. The first-order valence-electron chi connectivity index (χ1n) is 9.20. The van der Waals surface area contributed by atoms with Crippen molar-refractivity contribution in [3.63, 3.8) is 0 Å². The number of nitrogens with one attached hydrogen (secondary N) is 2. The molecule has 2 heterocycles. The average Bonchev–Trinajstić information content (AvgIpc) is 2.61. The summed E-state index contributed by atoms with van der Waals surface area (Å²) in [4.78, 5) is 28.0. The number of carbonyl (C=O) groups is 2. The number of halogens is 1. The minimum Gasteiger partial charge on any atom is -0.356 e. The van der Waals surface area contributed by atoms with Crippen molar-refractivity contribution in [2.24, 2.45) is 5.92 Å². The molecule has 26 heavy (non-hydrogen) atoms. The Hall–Kier alpha value is -1.24. The van der Waals surface area contributed by atoms with E-state index < -0.39 is 5.25 Å². The lowest BCUT2D eigenvalue weighted by Crippen LogP contribution is -2.44. The molecule has 0 saturated carbocycles. The predicted octanol–water partition coefficient (Wildman–Crippen LogP) is 3.38. The number of nitrogens with zero attached hydrogens (tertiary/aromatic N) is 1. The Kier molecular flexibility index (Phi) is 6.48. The Morgan fingerprint density at radius 1 is 1.46 bits per heavy atom. The summed E-state index contributed by atoms with van der Waals surface area (Å²) in [6.45, 7) is 7.29. The van der Waals surface area contributed by atoms with Crippen molar-refractivity contribution < 1.29 is 9.59 Å². The standard InChI is InChI=1S/C19H26ClN3O2S/c1-12(2)23-7-3-4-13(11-23)10-21-18(24)9-17-19(25)22-15-8-14(20)5-6-16(15)26-17/h5-6,8,12-13,17H,3-4,7,9-11H2,1-2H3,(H,21,24)(H,22,25). The number of benzene rings is 1. The van der Waals surface area contributed by atoms with Crippen LogP contribution >= 0.6 is 23.4 Å². The average molecular weight is 396 g/mol. The molecule has 2 atom stereocenters. The highest BCUT2D eigenvalue weighted by molar-refractivity contribution is 8.01.